The Hall–Kier alpha value is -1.79. The standard InChI is InChI=1S/C17H30N2O5/c1-16(2,3)24-15(22)18-17(4)10-8-7-9-12(17)14(21)19(5)11-13(20)23-6/h12H,7-11H2,1-6H3,(H,18,22). The Labute approximate surface area is 144 Å². The average Bonchev–Trinajstić information content (AvgIpc) is 2.44. The Balaban J connectivity index is 2.84. The second-order valence-electron chi connectivity index (χ2n) is 7.61. The van der Waals surface area contributed by atoms with E-state index in [2.05, 4.69) is 10.1 Å². The predicted octanol–water partition coefficient (Wildman–Crippen LogP) is 2.09. The van der Waals surface area contributed by atoms with Crippen LogP contribution in [-0.4, -0.2) is 54.7 Å². The minimum absolute atomic E-state index is 0.103. The molecule has 1 saturated carbocycles. The number of carbonyl (C=O) groups excluding carboxylic acids is 3. The number of nitrogens with one attached hydrogen (secondary N) is 1. The number of ether oxygens (including phenoxy) is 2. The van der Waals surface area contributed by atoms with Crippen LogP contribution in [0.15, 0.2) is 0 Å². The largest absolute Gasteiger partial charge is 0.468 e. The first kappa shape index (κ1) is 20.3. The zero-order chi connectivity index (χ0) is 18.5. The van der Waals surface area contributed by atoms with E-state index in [0.717, 1.165) is 12.8 Å². The Morgan fingerprint density at radius 1 is 1.25 bits per heavy atom. The highest BCUT2D eigenvalue weighted by Crippen LogP contribution is 2.35. The third-order valence-electron chi connectivity index (χ3n) is 4.26. The molecule has 1 aliphatic rings. The van der Waals surface area contributed by atoms with Crippen LogP contribution in [0.1, 0.15) is 53.4 Å². The van der Waals surface area contributed by atoms with Crippen molar-refractivity contribution in [3.05, 3.63) is 0 Å². The van der Waals surface area contributed by atoms with Crippen molar-refractivity contribution in [2.45, 2.75) is 64.5 Å². The maximum Gasteiger partial charge on any atom is 0.408 e. The third-order valence-corrected chi connectivity index (χ3v) is 4.26. The van der Waals surface area contributed by atoms with Gasteiger partial charge in [0.2, 0.25) is 5.91 Å². The summed E-state index contributed by atoms with van der Waals surface area (Å²) in [6.07, 6.45) is 2.66. The molecule has 0 aromatic carbocycles. The summed E-state index contributed by atoms with van der Waals surface area (Å²) in [5.41, 5.74) is -1.29. The quantitative estimate of drug-likeness (QED) is 0.791. The number of hydrogen-bond donors (Lipinski definition) is 1. The molecule has 138 valence electrons. The SMILES string of the molecule is COC(=O)CN(C)C(=O)C1CCCCC1(C)NC(=O)OC(C)(C)C. The summed E-state index contributed by atoms with van der Waals surface area (Å²) < 4.78 is 9.93. The fourth-order valence-electron chi connectivity index (χ4n) is 3.02. The Bertz CT molecular complexity index is 486. The summed E-state index contributed by atoms with van der Waals surface area (Å²) in [6, 6.07) is 0. The predicted molar refractivity (Wildman–Crippen MR) is 89.4 cm³/mol. The number of carbonyl (C=O) groups is 3. The molecule has 1 fully saturated rings. The van der Waals surface area contributed by atoms with Crippen molar-refractivity contribution in [2.24, 2.45) is 5.92 Å². The van der Waals surface area contributed by atoms with Crippen LogP contribution < -0.4 is 5.32 Å². The first-order chi connectivity index (χ1) is 11.0. The van der Waals surface area contributed by atoms with Gasteiger partial charge in [-0.3, -0.25) is 9.59 Å². The number of amides is 2. The van der Waals surface area contributed by atoms with Crippen molar-refractivity contribution in [1.82, 2.24) is 10.2 Å². The van der Waals surface area contributed by atoms with Gasteiger partial charge in [-0.1, -0.05) is 12.8 Å². The summed E-state index contributed by atoms with van der Waals surface area (Å²) in [4.78, 5) is 37.7. The normalized spacial score (nSPS) is 24.0. The van der Waals surface area contributed by atoms with Crippen LogP contribution in [0.5, 0.6) is 0 Å². The van der Waals surface area contributed by atoms with Gasteiger partial charge in [-0.05, 0) is 40.5 Å². The topological polar surface area (TPSA) is 84.9 Å². The van der Waals surface area contributed by atoms with E-state index < -0.39 is 29.1 Å². The summed E-state index contributed by atoms with van der Waals surface area (Å²) in [5, 5.41) is 2.88. The van der Waals surface area contributed by atoms with Gasteiger partial charge < -0.3 is 19.7 Å². The number of esters is 1. The van der Waals surface area contributed by atoms with E-state index >= 15 is 0 Å². The van der Waals surface area contributed by atoms with Gasteiger partial charge >= 0.3 is 12.1 Å². The molecule has 0 saturated heterocycles. The molecule has 24 heavy (non-hydrogen) atoms. The second-order valence-corrected chi connectivity index (χ2v) is 7.61. The third kappa shape index (κ3) is 5.69. The van der Waals surface area contributed by atoms with Crippen LogP contribution in [0.25, 0.3) is 0 Å². The maximum atomic E-state index is 12.8. The molecule has 2 atom stereocenters. The van der Waals surface area contributed by atoms with E-state index in [-0.39, 0.29) is 12.5 Å². The molecule has 2 amide bonds. The lowest BCUT2D eigenvalue weighted by Gasteiger charge is -2.42. The van der Waals surface area contributed by atoms with Crippen LogP contribution in [0.3, 0.4) is 0 Å². The molecular formula is C17H30N2O5. The minimum Gasteiger partial charge on any atom is -0.468 e. The van der Waals surface area contributed by atoms with Crippen molar-refractivity contribution in [3.8, 4) is 0 Å². The summed E-state index contributed by atoms with van der Waals surface area (Å²) in [5.74, 6) is -1.03. The number of methoxy groups -OCH3 is 1. The monoisotopic (exact) mass is 342 g/mol. The highest BCUT2D eigenvalue weighted by Gasteiger charge is 2.44. The lowest BCUT2D eigenvalue weighted by molar-refractivity contribution is -0.149. The van der Waals surface area contributed by atoms with Crippen LogP contribution >= 0.6 is 0 Å². The zero-order valence-electron chi connectivity index (χ0n) is 15.6. The van der Waals surface area contributed by atoms with E-state index in [1.54, 1.807) is 27.8 Å². The van der Waals surface area contributed by atoms with E-state index in [9.17, 15) is 14.4 Å². The first-order valence-corrected chi connectivity index (χ1v) is 8.31. The van der Waals surface area contributed by atoms with Crippen molar-refractivity contribution in [1.29, 1.82) is 0 Å². The number of nitrogens with zero attached hydrogens (tertiary/aromatic N) is 1. The molecule has 0 aromatic heterocycles. The van der Waals surface area contributed by atoms with Gasteiger partial charge in [0.25, 0.3) is 0 Å². The minimum atomic E-state index is -0.692. The number of rotatable bonds is 4. The van der Waals surface area contributed by atoms with Gasteiger partial charge in [0.15, 0.2) is 0 Å². The first-order valence-electron chi connectivity index (χ1n) is 8.31. The van der Waals surface area contributed by atoms with Gasteiger partial charge in [0.1, 0.15) is 12.1 Å². The number of hydrogen-bond acceptors (Lipinski definition) is 5. The van der Waals surface area contributed by atoms with E-state index in [1.165, 1.54) is 12.0 Å². The van der Waals surface area contributed by atoms with Crippen molar-refractivity contribution in [3.63, 3.8) is 0 Å². The molecule has 1 aliphatic carbocycles. The molecule has 7 heteroatoms. The van der Waals surface area contributed by atoms with Crippen LogP contribution in [0, 0.1) is 5.92 Å². The van der Waals surface area contributed by atoms with Gasteiger partial charge in [-0.15, -0.1) is 0 Å². The Morgan fingerprint density at radius 2 is 1.88 bits per heavy atom. The summed E-state index contributed by atoms with van der Waals surface area (Å²) >= 11 is 0. The highest BCUT2D eigenvalue weighted by atomic mass is 16.6. The average molecular weight is 342 g/mol. The highest BCUT2D eigenvalue weighted by molar-refractivity contribution is 5.85. The maximum absolute atomic E-state index is 12.8. The molecule has 1 N–H and O–H groups in total. The smallest absolute Gasteiger partial charge is 0.408 e. The van der Waals surface area contributed by atoms with E-state index in [4.69, 9.17) is 4.74 Å². The number of alkyl carbamates (subject to hydrolysis) is 1. The zero-order valence-corrected chi connectivity index (χ0v) is 15.6. The number of likely N-dealkylation sites (N-methyl/N-ethyl adjacent to an activating group) is 1. The second kappa shape index (κ2) is 7.85. The van der Waals surface area contributed by atoms with Crippen LogP contribution in [0.2, 0.25) is 0 Å². The van der Waals surface area contributed by atoms with Gasteiger partial charge in [0.05, 0.1) is 18.6 Å². The Kier molecular flexibility index (Phi) is 6.63. The molecule has 2 unspecified atom stereocenters. The van der Waals surface area contributed by atoms with E-state index in [1.807, 2.05) is 6.92 Å². The van der Waals surface area contributed by atoms with Crippen molar-refractivity contribution < 1.29 is 23.9 Å². The van der Waals surface area contributed by atoms with Crippen molar-refractivity contribution >= 4 is 18.0 Å². The summed E-state index contributed by atoms with van der Waals surface area (Å²) in [7, 11) is 2.86. The lowest BCUT2D eigenvalue weighted by atomic mass is 9.73. The van der Waals surface area contributed by atoms with Gasteiger partial charge in [-0.25, -0.2) is 4.79 Å². The molecule has 0 spiro atoms. The van der Waals surface area contributed by atoms with E-state index in [0.29, 0.717) is 12.8 Å². The Morgan fingerprint density at radius 3 is 2.42 bits per heavy atom. The molecule has 0 aromatic rings. The van der Waals surface area contributed by atoms with Crippen LogP contribution in [-0.2, 0) is 19.1 Å². The molecule has 0 radical (unpaired) electrons. The molecule has 0 heterocycles. The molecule has 1 rings (SSSR count). The summed E-state index contributed by atoms with van der Waals surface area (Å²) in [6.45, 7) is 7.15. The molecular weight excluding hydrogens is 312 g/mol. The lowest BCUT2D eigenvalue weighted by Crippen LogP contribution is -2.58. The fraction of sp³-hybridized carbons (Fsp3) is 0.824. The molecule has 0 aliphatic heterocycles. The van der Waals surface area contributed by atoms with Crippen molar-refractivity contribution in [2.75, 3.05) is 20.7 Å². The van der Waals surface area contributed by atoms with Gasteiger partial charge in [0, 0.05) is 7.05 Å². The van der Waals surface area contributed by atoms with Gasteiger partial charge in [-0.2, -0.15) is 0 Å². The fourth-order valence-corrected chi connectivity index (χ4v) is 3.02. The molecule has 0 bridgehead atoms. The molecule has 7 nitrogen and oxygen atoms in total. The van der Waals surface area contributed by atoms with Crippen LogP contribution in [0.4, 0.5) is 4.79 Å².